The van der Waals surface area contributed by atoms with Crippen LogP contribution in [0.5, 0.6) is 0 Å². The molecule has 16 heavy (non-hydrogen) atoms. The highest BCUT2D eigenvalue weighted by atomic mass is 79.9. The van der Waals surface area contributed by atoms with E-state index < -0.39 is 0 Å². The minimum Gasteiger partial charge on any atom is -0.305 e. The molecule has 2 N–H and O–H groups in total. The number of fused-ring (bicyclic) bond motifs is 1. The first-order valence-corrected chi connectivity index (χ1v) is 6.19. The second kappa shape index (κ2) is 3.75. The number of para-hydroxylation sites is 1. The van der Waals surface area contributed by atoms with Crippen molar-refractivity contribution in [2.75, 3.05) is 6.54 Å². The molecule has 1 fully saturated rings. The third-order valence-electron chi connectivity index (χ3n) is 3.03. The first kappa shape index (κ1) is 10.1. The lowest BCUT2D eigenvalue weighted by atomic mass is 10.3. The monoisotopic (exact) mass is 281 g/mol. The second-order valence-electron chi connectivity index (χ2n) is 4.05. The predicted octanol–water partition coefficient (Wildman–Crippen LogP) is 1.97. The van der Waals surface area contributed by atoms with Crippen LogP contribution in [0.2, 0.25) is 0 Å². The molecule has 5 heteroatoms. The lowest BCUT2D eigenvalue weighted by molar-refractivity contribution is 0.468. The molecule has 1 saturated heterocycles. The maximum atomic E-state index is 11.9. The summed E-state index contributed by atoms with van der Waals surface area (Å²) < 4.78 is 2.77. The number of imidazole rings is 1. The van der Waals surface area contributed by atoms with E-state index >= 15 is 0 Å². The van der Waals surface area contributed by atoms with Crippen molar-refractivity contribution in [3.05, 3.63) is 33.2 Å². The van der Waals surface area contributed by atoms with Crippen LogP contribution in [0.25, 0.3) is 11.0 Å². The SMILES string of the molecule is O=c1[nH]c2cccc(Br)c2n1C1CCCN1. The number of H-pyrrole nitrogens is 1. The maximum absolute atomic E-state index is 11.9. The van der Waals surface area contributed by atoms with Crippen LogP contribution in [0.4, 0.5) is 0 Å². The van der Waals surface area contributed by atoms with Crippen LogP contribution in [-0.4, -0.2) is 16.1 Å². The number of hydrogen-bond acceptors (Lipinski definition) is 2. The quantitative estimate of drug-likeness (QED) is 0.840. The van der Waals surface area contributed by atoms with Crippen molar-refractivity contribution < 1.29 is 0 Å². The van der Waals surface area contributed by atoms with Crippen LogP contribution in [-0.2, 0) is 0 Å². The van der Waals surface area contributed by atoms with Gasteiger partial charge >= 0.3 is 5.69 Å². The molecule has 0 spiro atoms. The van der Waals surface area contributed by atoms with Gasteiger partial charge in [0.1, 0.15) is 0 Å². The largest absolute Gasteiger partial charge is 0.327 e. The van der Waals surface area contributed by atoms with Gasteiger partial charge in [-0.05, 0) is 47.4 Å². The summed E-state index contributed by atoms with van der Waals surface area (Å²) in [5.41, 5.74) is 1.79. The van der Waals surface area contributed by atoms with E-state index in [1.807, 2.05) is 22.8 Å². The third kappa shape index (κ3) is 1.43. The minimum absolute atomic E-state index is 0.0405. The van der Waals surface area contributed by atoms with E-state index in [9.17, 15) is 4.79 Å². The molecule has 0 radical (unpaired) electrons. The lowest BCUT2D eigenvalue weighted by Gasteiger charge is -2.12. The van der Waals surface area contributed by atoms with Gasteiger partial charge in [-0.2, -0.15) is 0 Å². The molecule has 0 aliphatic carbocycles. The van der Waals surface area contributed by atoms with Crippen molar-refractivity contribution in [1.29, 1.82) is 0 Å². The Morgan fingerprint density at radius 3 is 3.06 bits per heavy atom. The summed E-state index contributed by atoms with van der Waals surface area (Å²) in [5, 5.41) is 3.34. The highest BCUT2D eigenvalue weighted by Gasteiger charge is 2.21. The molecule has 1 unspecified atom stereocenters. The van der Waals surface area contributed by atoms with Crippen molar-refractivity contribution in [1.82, 2.24) is 14.9 Å². The molecule has 3 rings (SSSR count). The van der Waals surface area contributed by atoms with E-state index in [0.717, 1.165) is 34.9 Å². The van der Waals surface area contributed by atoms with Gasteiger partial charge in [-0.1, -0.05) is 6.07 Å². The molecule has 0 saturated carbocycles. The first-order valence-electron chi connectivity index (χ1n) is 5.39. The highest BCUT2D eigenvalue weighted by molar-refractivity contribution is 9.10. The molecule has 2 heterocycles. The Bertz CT molecular complexity index is 580. The van der Waals surface area contributed by atoms with Gasteiger partial charge in [-0.3, -0.25) is 9.88 Å². The molecule has 1 aromatic carbocycles. The van der Waals surface area contributed by atoms with Crippen LogP contribution in [0, 0.1) is 0 Å². The Morgan fingerprint density at radius 2 is 2.31 bits per heavy atom. The minimum atomic E-state index is -0.0405. The molecular formula is C11H12BrN3O. The summed E-state index contributed by atoms with van der Waals surface area (Å²) in [5.74, 6) is 0. The standard InChI is InChI=1S/C11H12BrN3O/c12-7-3-1-4-8-10(7)15(11(16)14-8)9-5-2-6-13-9/h1,3-4,9,13H,2,5-6H2,(H,14,16). The molecule has 1 atom stereocenters. The average Bonchev–Trinajstić information content (AvgIpc) is 2.84. The van der Waals surface area contributed by atoms with E-state index in [4.69, 9.17) is 0 Å². The Morgan fingerprint density at radius 1 is 1.44 bits per heavy atom. The van der Waals surface area contributed by atoms with Crippen LogP contribution >= 0.6 is 15.9 Å². The van der Waals surface area contributed by atoms with E-state index in [-0.39, 0.29) is 11.9 Å². The Balaban J connectivity index is 2.29. The van der Waals surface area contributed by atoms with Gasteiger partial charge in [0, 0.05) is 4.47 Å². The molecule has 1 aliphatic rings. The fraction of sp³-hybridized carbons (Fsp3) is 0.364. The number of hydrogen-bond donors (Lipinski definition) is 2. The average molecular weight is 282 g/mol. The number of nitrogens with zero attached hydrogens (tertiary/aromatic N) is 1. The Kier molecular flexibility index (Phi) is 2.37. The molecule has 1 aliphatic heterocycles. The highest BCUT2D eigenvalue weighted by Crippen LogP contribution is 2.26. The van der Waals surface area contributed by atoms with Gasteiger partial charge in [-0.25, -0.2) is 4.79 Å². The van der Waals surface area contributed by atoms with Gasteiger partial charge < -0.3 is 4.98 Å². The molecule has 4 nitrogen and oxygen atoms in total. The summed E-state index contributed by atoms with van der Waals surface area (Å²) in [6, 6.07) is 5.81. The van der Waals surface area contributed by atoms with Crippen molar-refractivity contribution in [2.45, 2.75) is 19.0 Å². The number of rotatable bonds is 1. The lowest BCUT2D eigenvalue weighted by Crippen LogP contribution is -2.28. The van der Waals surface area contributed by atoms with E-state index in [1.54, 1.807) is 0 Å². The number of halogens is 1. The third-order valence-corrected chi connectivity index (χ3v) is 3.67. The second-order valence-corrected chi connectivity index (χ2v) is 4.90. The smallest absolute Gasteiger partial charge is 0.305 e. The van der Waals surface area contributed by atoms with Gasteiger partial charge in [0.15, 0.2) is 0 Å². The number of aromatic nitrogens is 2. The maximum Gasteiger partial charge on any atom is 0.327 e. The summed E-state index contributed by atoms with van der Waals surface area (Å²) in [6.45, 7) is 0.980. The van der Waals surface area contributed by atoms with Crippen LogP contribution in [0.1, 0.15) is 19.0 Å². The van der Waals surface area contributed by atoms with Gasteiger partial charge in [0.2, 0.25) is 0 Å². The van der Waals surface area contributed by atoms with Crippen LogP contribution in [0.15, 0.2) is 27.5 Å². The Labute approximate surface area is 101 Å². The van der Waals surface area contributed by atoms with E-state index in [1.165, 1.54) is 0 Å². The van der Waals surface area contributed by atoms with Gasteiger partial charge in [-0.15, -0.1) is 0 Å². The zero-order valence-corrected chi connectivity index (χ0v) is 10.3. The number of nitrogens with one attached hydrogen (secondary N) is 2. The fourth-order valence-electron chi connectivity index (χ4n) is 2.32. The molecule has 0 bridgehead atoms. The fourth-order valence-corrected chi connectivity index (χ4v) is 2.88. The molecule has 1 aromatic heterocycles. The number of aromatic amines is 1. The van der Waals surface area contributed by atoms with Crippen molar-refractivity contribution in [3.8, 4) is 0 Å². The molecule has 2 aromatic rings. The molecular weight excluding hydrogens is 270 g/mol. The van der Waals surface area contributed by atoms with Crippen molar-refractivity contribution >= 4 is 27.0 Å². The topological polar surface area (TPSA) is 49.8 Å². The zero-order valence-electron chi connectivity index (χ0n) is 8.66. The van der Waals surface area contributed by atoms with E-state index in [2.05, 4.69) is 26.2 Å². The summed E-state index contributed by atoms with van der Waals surface area (Å²) >= 11 is 3.50. The normalized spacial score (nSPS) is 20.7. The number of benzene rings is 1. The van der Waals surface area contributed by atoms with E-state index in [0.29, 0.717) is 0 Å². The predicted molar refractivity (Wildman–Crippen MR) is 66.5 cm³/mol. The first-order chi connectivity index (χ1) is 7.77. The van der Waals surface area contributed by atoms with Crippen LogP contribution < -0.4 is 11.0 Å². The Hall–Kier alpha value is -1.07. The van der Waals surface area contributed by atoms with Gasteiger partial charge in [0.25, 0.3) is 0 Å². The summed E-state index contributed by atoms with van der Waals surface area (Å²) in [6.07, 6.45) is 2.25. The summed E-state index contributed by atoms with van der Waals surface area (Å²) in [7, 11) is 0. The molecule has 0 amide bonds. The zero-order chi connectivity index (χ0) is 11.1. The van der Waals surface area contributed by atoms with Crippen molar-refractivity contribution in [2.24, 2.45) is 0 Å². The van der Waals surface area contributed by atoms with Gasteiger partial charge in [0.05, 0.1) is 17.2 Å². The summed E-state index contributed by atoms with van der Waals surface area (Å²) in [4.78, 5) is 14.8. The molecule has 84 valence electrons. The van der Waals surface area contributed by atoms with Crippen LogP contribution in [0.3, 0.4) is 0 Å². The van der Waals surface area contributed by atoms with Crippen molar-refractivity contribution in [3.63, 3.8) is 0 Å².